The molecule has 21 heavy (non-hydrogen) atoms. The first kappa shape index (κ1) is 15.9. The first-order chi connectivity index (χ1) is 10.1. The summed E-state index contributed by atoms with van der Waals surface area (Å²) in [5.74, 6) is 2.52. The second kappa shape index (κ2) is 7.47. The van der Waals surface area contributed by atoms with Crippen molar-refractivity contribution in [3.63, 3.8) is 0 Å². The number of rotatable bonds is 4. The van der Waals surface area contributed by atoms with Gasteiger partial charge in [0.1, 0.15) is 5.75 Å². The predicted molar refractivity (Wildman–Crippen MR) is 85.2 cm³/mol. The van der Waals surface area contributed by atoms with Crippen LogP contribution < -0.4 is 4.74 Å². The van der Waals surface area contributed by atoms with E-state index in [1.807, 2.05) is 18.2 Å². The van der Waals surface area contributed by atoms with Gasteiger partial charge in [-0.3, -0.25) is 4.90 Å². The second-order valence-corrected chi connectivity index (χ2v) is 6.35. The van der Waals surface area contributed by atoms with Crippen molar-refractivity contribution >= 4 is 0 Å². The summed E-state index contributed by atoms with van der Waals surface area (Å²) in [6, 6.07) is 7.90. The molecule has 0 aromatic heterocycles. The van der Waals surface area contributed by atoms with Crippen LogP contribution in [0.3, 0.4) is 0 Å². The second-order valence-electron chi connectivity index (χ2n) is 6.35. The molecule has 1 aromatic carbocycles. The maximum absolute atomic E-state index is 9.07. The minimum atomic E-state index is 0.709. The Bertz CT molecular complexity index is 504. The molecule has 2 rings (SSSR count). The summed E-state index contributed by atoms with van der Waals surface area (Å²) in [4.78, 5) is 2.50. The molecular formula is C18H26N2O. The van der Waals surface area contributed by atoms with Gasteiger partial charge < -0.3 is 4.74 Å². The average Bonchev–Trinajstić information content (AvgIpc) is 2.73. The average molecular weight is 286 g/mol. The summed E-state index contributed by atoms with van der Waals surface area (Å²) < 4.78 is 5.44. The smallest absolute Gasteiger partial charge is 0.123 e. The number of ether oxygens (including phenoxy) is 1. The van der Waals surface area contributed by atoms with Gasteiger partial charge in [0.2, 0.25) is 0 Å². The van der Waals surface area contributed by atoms with Crippen molar-refractivity contribution in [3.05, 3.63) is 29.3 Å². The van der Waals surface area contributed by atoms with Gasteiger partial charge in [0, 0.05) is 12.1 Å². The zero-order valence-corrected chi connectivity index (χ0v) is 13.4. The highest BCUT2D eigenvalue weighted by atomic mass is 16.5. The normalized spacial score (nSPS) is 20.0. The van der Waals surface area contributed by atoms with E-state index in [1.165, 1.54) is 19.3 Å². The largest absolute Gasteiger partial charge is 0.496 e. The number of methoxy groups -OCH3 is 1. The van der Waals surface area contributed by atoms with Crippen LogP contribution in [0, 0.1) is 23.2 Å². The number of hydrogen-bond donors (Lipinski definition) is 0. The molecule has 0 aliphatic carbocycles. The van der Waals surface area contributed by atoms with Crippen molar-refractivity contribution < 1.29 is 4.74 Å². The first-order valence-corrected chi connectivity index (χ1v) is 7.93. The van der Waals surface area contributed by atoms with Gasteiger partial charge in [0.25, 0.3) is 0 Å². The van der Waals surface area contributed by atoms with E-state index in [-0.39, 0.29) is 0 Å². The van der Waals surface area contributed by atoms with Crippen molar-refractivity contribution in [3.8, 4) is 11.8 Å². The van der Waals surface area contributed by atoms with Gasteiger partial charge in [-0.05, 0) is 62.4 Å². The van der Waals surface area contributed by atoms with Crippen molar-refractivity contribution in [1.82, 2.24) is 4.90 Å². The van der Waals surface area contributed by atoms with Crippen LogP contribution in [0.4, 0.5) is 0 Å². The van der Waals surface area contributed by atoms with Gasteiger partial charge >= 0.3 is 0 Å². The highest BCUT2D eigenvalue weighted by molar-refractivity contribution is 5.42. The maximum Gasteiger partial charge on any atom is 0.123 e. The predicted octanol–water partition coefficient (Wildman–Crippen LogP) is 3.82. The molecule has 1 atom stereocenters. The topological polar surface area (TPSA) is 36.3 Å². The Kier molecular flexibility index (Phi) is 5.64. The van der Waals surface area contributed by atoms with Gasteiger partial charge in [0.05, 0.1) is 18.7 Å². The van der Waals surface area contributed by atoms with Crippen LogP contribution in [0.25, 0.3) is 0 Å². The molecule has 1 saturated heterocycles. The number of hydrogen-bond acceptors (Lipinski definition) is 3. The number of nitriles is 1. The molecule has 3 heteroatoms. The lowest BCUT2D eigenvalue weighted by Gasteiger charge is -2.22. The van der Waals surface area contributed by atoms with E-state index in [0.717, 1.165) is 42.8 Å². The van der Waals surface area contributed by atoms with Crippen LogP contribution in [0.2, 0.25) is 0 Å². The molecule has 1 heterocycles. The molecule has 0 amide bonds. The molecule has 0 bridgehead atoms. The zero-order valence-electron chi connectivity index (χ0n) is 13.4. The van der Waals surface area contributed by atoms with Crippen LogP contribution in [-0.4, -0.2) is 25.1 Å². The number of likely N-dealkylation sites (tertiary alicyclic amines) is 1. The van der Waals surface area contributed by atoms with Crippen LogP contribution in [0.1, 0.15) is 44.2 Å². The highest BCUT2D eigenvalue weighted by Crippen LogP contribution is 2.27. The lowest BCUT2D eigenvalue weighted by Crippen LogP contribution is -2.25. The van der Waals surface area contributed by atoms with Crippen LogP contribution in [0.15, 0.2) is 18.2 Å². The summed E-state index contributed by atoms with van der Waals surface area (Å²) in [7, 11) is 1.70. The fourth-order valence-electron chi connectivity index (χ4n) is 3.22. The van der Waals surface area contributed by atoms with E-state index in [9.17, 15) is 0 Å². The monoisotopic (exact) mass is 286 g/mol. The third-order valence-electron chi connectivity index (χ3n) is 4.61. The summed E-state index contributed by atoms with van der Waals surface area (Å²) >= 11 is 0. The van der Waals surface area contributed by atoms with Crippen molar-refractivity contribution in [1.29, 1.82) is 5.26 Å². The van der Waals surface area contributed by atoms with Crippen molar-refractivity contribution in [2.45, 2.75) is 39.7 Å². The van der Waals surface area contributed by atoms with E-state index in [2.05, 4.69) is 24.8 Å². The SMILES string of the molecule is COc1ccc(C#N)cc1CN1CCCC(C(C)C)CC1. The Morgan fingerprint density at radius 3 is 2.81 bits per heavy atom. The molecule has 1 aliphatic rings. The molecule has 1 aromatic rings. The molecule has 0 radical (unpaired) electrons. The fourth-order valence-corrected chi connectivity index (χ4v) is 3.22. The summed E-state index contributed by atoms with van der Waals surface area (Å²) in [5.41, 5.74) is 1.83. The van der Waals surface area contributed by atoms with Crippen LogP contribution >= 0.6 is 0 Å². The van der Waals surface area contributed by atoms with Gasteiger partial charge in [-0.15, -0.1) is 0 Å². The quantitative estimate of drug-likeness (QED) is 0.844. The Morgan fingerprint density at radius 2 is 2.14 bits per heavy atom. The Labute approximate surface area is 128 Å². The third kappa shape index (κ3) is 4.22. The molecule has 114 valence electrons. The molecule has 0 N–H and O–H groups in total. The van der Waals surface area contributed by atoms with Gasteiger partial charge in [-0.2, -0.15) is 5.26 Å². The minimum Gasteiger partial charge on any atom is -0.496 e. The molecule has 0 spiro atoms. The summed E-state index contributed by atoms with van der Waals surface area (Å²) in [5, 5.41) is 9.07. The summed E-state index contributed by atoms with van der Waals surface area (Å²) in [6.07, 6.45) is 3.88. The zero-order chi connectivity index (χ0) is 15.2. The standard InChI is InChI=1S/C18H26N2O/c1-14(2)16-5-4-9-20(10-8-16)13-17-11-15(12-19)6-7-18(17)21-3/h6-7,11,14,16H,4-5,8-10,13H2,1-3H3. The highest BCUT2D eigenvalue weighted by Gasteiger charge is 2.20. The van der Waals surface area contributed by atoms with Gasteiger partial charge in [0.15, 0.2) is 0 Å². The van der Waals surface area contributed by atoms with E-state index in [1.54, 1.807) is 7.11 Å². The van der Waals surface area contributed by atoms with Gasteiger partial charge in [-0.25, -0.2) is 0 Å². The minimum absolute atomic E-state index is 0.709. The molecule has 1 aliphatic heterocycles. The fraction of sp³-hybridized carbons (Fsp3) is 0.611. The Morgan fingerprint density at radius 1 is 1.33 bits per heavy atom. The Balaban J connectivity index is 2.06. The Hall–Kier alpha value is -1.53. The molecule has 0 saturated carbocycles. The van der Waals surface area contributed by atoms with Crippen molar-refractivity contribution in [2.75, 3.05) is 20.2 Å². The van der Waals surface area contributed by atoms with Crippen molar-refractivity contribution in [2.24, 2.45) is 11.8 Å². The van der Waals surface area contributed by atoms with Crippen LogP contribution in [0.5, 0.6) is 5.75 Å². The summed E-state index contributed by atoms with van der Waals surface area (Å²) in [6.45, 7) is 7.83. The third-order valence-corrected chi connectivity index (χ3v) is 4.61. The van der Waals surface area contributed by atoms with E-state index < -0.39 is 0 Å². The lowest BCUT2D eigenvalue weighted by molar-refractivity contribution is 0.260. The molecule has 3 nitrogen and oxygen atoms in total. The number of nitrogens with zero attached hydrogens (tertiary/aromatic N) is 2. The van der Waals surface area contributed by atoms with E-state index in [4.69, 9.17) is 10.00 Å². The van der Waals surface area contributed by atoms with Crippen LogP contribution in [-0.2, 0) is 6.54 Å². The molecule has 1 fully saturated rings. The molecular weight excluding hydrogens is 260 g/mol. The molecule has 1 unspecified atom stereocenters. The van der Waals surface area contributed by atoms with E-state index >= 15 is 0 Å². The van der Waals surface area contributed by atoms with Gasteiger partial charge in [-0.1, -0.05) is 13.8 Å². The first-order valence-electron chi connectivity index (χ1n) is 7.93. The maximum atomic E-state index is 9.07. The van der Waals surface area contributed by atoms with E-state index in [0.29, 0.717) is 5.56 Å². The lowest BCUT2D eigenvalue weighted by atomic mass is 9.89. The number of benzene rings is 1.